The molecular formula is C11H8ClNO2S. The summed E-state index contributed by atoms with van der Waals surface area (Å²) in [6.07, 6.45) is 3.09. The van der Waals surface area contributed by atoms with Crippen molar-refractivity contribution in [3.63, 3.8) is 0 Å². The third-order valence-corrected chi connectivity index (χ3v) is 3.11. The number of aromatic nitrogens is 1. The number of rotatable bonds is 3. The number of carbonyl (C=O) groups excluding carboxylic acids is 1. The Balaban J connectivity index is 2.24. The van der Waals surface area contributed by atoms with Crippen LogP contribution >= 0.6 is 23.4 Å². The fourth-order valence-electron chi connectivity index (χ4n) is 1.21. The van der Waals surface area contributed by atoms with Crippen molar-refractivity contribution < 1.29 is 9.21 Å². The molecule has 3 nitrogen and oxygen atoms in total. The predicted octanol–water partition coefficient (Wildman–Crippen LogP) is 3.68. The van der Waals surface area contributed by atoms with Crippen molar-refractivity contribution in [3.8, 4) is 0 Å². The summed E-state index contributed by atoms with van der Waals surface area (Å²) >= 11 is 7.33. The van der Waals surface area contributed by atoms with E-state index in [9.17, 15) is 4.79 Å². The van der Waals surface area contributed by atoms with Gasteiger partial charge in [-0.15, -0.1) is 0 Å². The first-order valence-corrected chi connectivity index (χ1v) is 5.74. The van der Waals surface area contributed by atoms with Crippen LogP contribution in [0.4, 0.5) is 0 Å². The standard InChI is InChI=1S/C11H8ClNO2S/c1-7(14)9-3-2-8(6-10(9)12)16-11-13-4-5-15-11/h2-6H,1H3. The molecule has 0 saturated carbocycles. The van der Waals surface area contributed by atoms with Crippen molar-refractivity contribution in [2.45, 2.75) is 17.0 Å². The molecule has 0 bridgehead atoms. The van der Waals surface area contributed by atoms with Crippen molar-refractivity contribution >= 4 is 29.1 Å². The molecule has 1 aromatic carbocycles. The summed E-state index contributed by atoms with van der Waals surface area (Å²) in [5, 5.41) is 0.996. The summed E-state index contributed by atoms with van der Waals surface area (Å²) in [5.41, 5.74) is 0.526. The topological polar surface area (TPSA) is 43.1 Å². The quantitative estimate of drug-likeness (QED) is 0.783. The molecule has 0 amide bonds. The Morgan fingerprint density at radius 3 is 2.88 bits per heavy atom. The third-order valence-electron chi connectivity index (χ3n) is 1.93. The molecule has 0 atom stereocenters. The van der Waals surface area contributed by atoms with Crippen LogP contribution in [0.2, 0.25) is 5.02 Å². The van der Waals surface area contributed by atoms with E-state index in [1.807, 2.05) is 6.07 Å². The monoisotopic (exact) mass is 253 g/mol. The summed E-state index contributed by atoms with van der Waals surface area (Å²) in [6, 6.07) is 5.25. The van der Waals surface area contributed by atoms with Gasteiger partial charge in [0.05, 0.1) is 11.2 Å². The molecule has 0 unspecified atom stereocenters. The molecule has 0 saturated heterocycles. The normalized spacial score (nSPS) is 10.4. The number of halogens is 1. The number of Topliss-reactive ketones (excluding diaryl/α,β-unsaturated/α-hetero) is 1. The average molecular weight is 254 g/mol. The minimum absolute atomic E-state index is 0.0438. The summed E-state index contributed by atoms with van der Waals surface area (Å²) in [7, 11) is 0. The van der Waals surface area contributed by atoms with Crippen molar-refractivity contribution in [2.24, 2.45) is 0 Å². The maximum atomic E-state index is 11.2. The van der Waals surface area contributed by atoms with Crippen LogP contribution in [0.25, 0.3) is 0 Å². The number of ketones is 1. The van der Waals surface area contributed by atoms with Crippen molar-refractivity contribution in [2.75, 3.05) is 0 Å². The van der Waals surface area contributed by atoms with Gasteiger partial charge in [0, 0.05) is 10.5 Å². The van der Waals surface area contributed by atoms with E-state index in [4.69, 9.17) is 16.0 Å². The minimum Gasteiger partial charge on any atom is -0.440 e. The second-order valence-electron chi connectivity index (χ2n) is 3.10. The van der Waals surface area contributed by atoms with Gasteiger partial charge in [0.25, 0.3) is 5.22 Å². The number of carbonyl (C=O) groups is 1. The number of benzene rings is 1. The van der Waals surface area contributed by atoms with Gasteiger partial charge in [0.15, 0.2) is 5.78 Å². The molecule has 2 aromatic rings. The van der Waals surface area contributed by atoms with E-state index in [0.717, 1.165) is 4.90 Å². The zero-order chi connectivity index (χ0) is 11.5. The molecule has 82 valence electrons. The van der Waals surface area contributed by atoms with Crippen LogP contribution in [-0.4, -0.2) is 10.8 Å². The van der Waals surface area contributed by atoms with Crippen LogP contribution in [0.3, 0.4) is 0 Å². The van der Waals surface area contributed by atoms with E-state index in [1.165, 1.54) is 24.9 Å². The number of oxazole rings is 1. The van der Waals surface area contributed by atoms with E-state index >= 15 is 0 Å². The molecule has 1 aromatic heterocycles. The lowest BCUT2D eigenvalue weighted by atomic mass is 10.1. The molecule has 0 fully saturated rings. The predicted molar refractivity (Wildman–Crippen MR) is 62.1 cm³/mol. The lowest BCUT2D eigenvalue weighted by Gasteiger charge is -2.02. The van der Waals surface area contributed by atoms with E-state index in [1.54, 1.807) is 18.3 Å². The van der Waals surface area contributed by atoms with Gasteiger partial charge in [0.2, 0.25) is 0 Å². The summed E-state index contributed by atoms with van der Waals surface area (Å²) < 4.78 is 5.10. The average Bonchev–Trinajstić information content (AvgIpc) is 2.70. The molecule has 1 heterocycles. The minimum atomic E-state index is -0.0438. The first-order valence-electron chi connectivity index (χ1n) is 4.54. The van der Waals surface area contributed by atoms with Crippen LogP contribution in [0.15, 0.2) is 45.2 Å². The molecule has 16 heavy (non-hydrogen) atoms. The van der Waals surface area contributed by atoms with Crippen molar-refractivity contribution in [1.82, 2.24) is 4.98 Å². The fourth-order valence-corrected chi connectivity index (χ4v) is 2.32. The Bertz CT molecular complexity index is 511. The van der Waals surface area contributed by atoms with Crippen LogP contribution in [0.5, 0.6) is 0 Å². The molecular weight excluding hydrogens is 246 g/mol. The Hall–Kier alpha value is -1.26. The van der Waals surface area contributed by atoms with Gasteiger partial charge in [-0.25, -0.2) is 4.98 Å². The highest BCUT2D eigenvalue weighted by atomic mass is 35.5. The van der Waals surface area contributed by atoms with E-state index in [0.29, 0.717) is 15.8 Å². The van der Waals surface area contributed by atoms with E-state index in [2.05, 4.69) is 4.98 Å². The van der Waals surface area contributed by atoms with Crippen LogP contribution < -0.4 is 0 Å². The van der Waals surface area contributed by atoms with Gasteiger partial charge in [-0.05, 0) is 36.9 Å². The van der Waals surface area contributed by atoms with Crippen LogP contribution in [0, 0.1) is 0 Å². The highest BCUT2D eigenvalue weighted by Crippen LogP contribution is 2.29. The Morgan fingerprint density at radius 2 is 2.31 bits per heavy atom. The molecule has 5 heteroatoms. The Morgan fingerprint density at radius 1 is 1.50 bits per heavy atom. The molecule has 0 N–H and O–H groups in total. The Kier molecular flexibility index (Phi) is 3.31. The van der Waals surface area contributed by atoms with E-state index in [-0.39, 0.29) is 5.78 Å². The lowest BCUT2D eigenvalue weighted by molar-refractivity contribution is 0.101. The fraction of sp³-hybridized carbons (Fsp3) is 0.0909. The zero-order valence-corrected chi connectivity index (χ0v) is 10.0. The summed E-state index contributed by atoms with van der Waals surface area (Å²) in [5.74, 6) is -0.0438. The van der Waals surface area contributed by atoms with Crippen LogP contribution in [0.1, 0.15) is 17.3 Å². The number of nitrogens with zero attached hydrogens (tertiary/aromatic N) is 1. The molecule has 2 rings (SSSR count). The second-order valence-corrected chi connectivity index (χ2v) is 4.53. The van der Waals surface area contributed by atoms with Crippen molar-refractivity contribution in [1.29, 1.82) is 0 Å². The largest absolute Gasteiger partial charge is 0.440 e. The van der Waals surface area contributed by atoms with Gasteiger partial charge in [-0.2, -0.15) is 0 Å². The maximum absolute atomic E-state index is 11.2. The molecule has 0 radical (unpaired) electrons. The van der Waals surface area contributed by atoms with Gasteiger partial charge in [-0.3, -0.25) is 4.79 Å². The van der Waals surface area contributed by atoms with Crippen LogP contribution in [-0.2, 0) is 0 Å². The van der Waals surface area contributed by atoms with Gasteiger partial charge in [0.1, 0.15) is 6.26 Å². The van der Waals surface area contributed by atoms with Crippen molar-refractivity contribution in [3.05, 3.63) is 41.2 Å². The summed E-state index contributed by atoms with van der Waals surface area (Å²) in [4.78, 5) is 16.0. The first kappa shape index (κ1) is 11.2. The highest BCUT2D eigenvalue weighted by Gasteiger charge is 2.08. The van der Waals surface area contributed by atoms with Gasteiger partial charge < -0.3 is 4.42 Å². The zero-order valence-electron chi connectivity index (χ0n) is 8.44. The molecule has 0 aliphatic rings. The molecule has 0 aliphatic carbocycles. The SMILES string of the molecule is CC(=O)c1ccc(Sc2ncco2)cc1Cl. The smallest absolute Gasteiger partial charge is 0.260 e. The molecule has 0 spiro atoms. The van der Waals surface area contributed by atoms with Gasteiger partial charge in [-0.1, -0.05) is 11.6 Å². The third kappa shape index (κ3) is 2.46. The highest BCUT2D eigenvalue weighted by molar-refractivity contribution is 7.99. The number of hydrogen-bond donors (Lipinski definition) is 0. The summed E-state index contributed by atoms with van der Waals surface area (Å²) in [6.45, 7) is 1.49. The Labute approximate surface area is 102 Å². The maximum Gasteiger partial charge on any atom is 0.260 e. The first-order chi connectivity index (χ1) is 7.66. The van der Waals surface area contributed by atoms with E-state index < -0.39 is 0 Å². The number of hydrogen-bond acceptors (Lipinski definition) is 4. The molecule has 0 aliphatic heterocycles. The lowest BCUT2D eigenvalue weighted by Crippen LogP contribution is -1.92. The second kappa shape index (κ2) is 4.72. The van der Waals surface area contributed by atoms with Gasteiger partial charge >= 0.3 is 0 Å².